The van der Waals surface area contributed by atoms with Crippen LogP contribution >= 0.6 is 0 Å². The van der Waals surface area contributed by atoms with E-state index in [1.165, 1.54) is 167 Å². The molecule has 0 saturated carbocycles. The van der Waals surface area contributed by atoms with Crippen molar-refractivity contribution in [3.05, 3.63) is 12.2 Å². The van der Waals surface area contributed by atoms with Gasteiger partial charge in [0.2, 0.25) is 5.91 Å². The Morgan fingerprint density at radius 3 is 1.16 bits per heavy atom. The van der Waals surface area contributed by atoms with E-state index in [0.717, 1.165) is 32.1 Å². The molecular formula is C43H82N2O4. The van der Waals surface area contributed by atoms with E-state index < -0.39 is 6.10 Å². The van der Waals surface area contributed by atoms with Gasteiger partial charge in [-0.05, 0) is 19.8 Å². The fraction of sp³-hybridized carbons (Fsp3) is 0.884. The van der Waals surface area contributed by atoms with E-state index in [9.17, 15) is 14.4 Å². The molecule has 0 bridgehead atoms. The summed E-state index contributed by atoms with van der Waals surface area (Å²) in [5, 5.41) is 5.59. The molecule has 1 unspecified atom stereocenters. The van der Waals surface area contributed by atoms with Gasteiger partial charge >= 0.3 is 5.97 Å². The molecule has 0 aromatic heterocycles. The van der Waals surface area contributed by atoms with Crippen molar-refractivity contribution in [3.63, 3.8) is 0 Å². The smallest absolute Gasteiger partial charge is 0.306 e. The van der Waals surface area contributed by atoms with E-state index >= 15 is 0 Å². The van der Waals surface area contributed by atoms with Crippen LogP contribution in [0.4, 0.5) is 0 Å². The fourth-order valence-corrected chi connectivity index (χ4v) is 6.38. The number of carbonyl (C=O) groups excluding carboxylic acids is 3. The van der Waals surface area contributed by atoms with Gasteiger partial charge < -0.3 is 15.4 Å². The topological polar surface area (TPSA) is 84.5 Å². The van der Waals surface area contributed by atoms with Crippen molar-refractivity contribution in [3.8, 4) is 0 Å². The Morgan fingerprint density at radius 2 is 0.816 bits per heavy atom. The highest BCUT2D eigenvalue weighted by atomic mass is 16.5. The zero-order chi connectivity index (χ0) is 36.0. The molecule has 2 amide bonds. The van der Waals surface area contributed by atoms with E-state index in [2.05, 4.69) is 31.1 Å². The predicted octanol–water partition coefficient (Wildman–Crippen LogP) is 12.2. The van der Waals surface area contributed by atoms with Crippen molar-refractivity contribution in [2.75, 3.05) is 13.1 Å². The molecule has 6 heteroatoms. The first-order valence-electron chi connectivity index (χ1n) is 21.3. The normalized spacial score (nSPS) is 11.7. The molecule has 1 atom stereocenters. The van der Waals surface area contributed by atoms with Gasteiger partial charge in [-0.25, -0.2) is 0 Å². The molecule has 6 nitrogen and oxygen atoms in total. The number of unbranched alkanes of at least 4 members (excludes halogenated alkanes) is 29. The fourth-order valence-electron chi connectivity index (χ4n) is 6.38. The quantitative estimate of drug-likeness (QED) is 0.0384. The van der Waals surface area contributed by atoms with E-state index in [-0.39, 0.29) is 24.3 Å². The van der Waals surface area contributed by atoms with Gasteiger partial charge in [-0.1, -0.05) is 207 Å². The average Bonchev–Trinajstić information content (AvgIpc) is 3.09. The Hall–Kier alpha value is -1.85. The molecule has 0 fully saturated rings. The summed E-state index contributed by atoms with van der Waals surface area (Å²) >= 11 is 0. The van der Waals surface area contributed by atoms with Crippen molar-refractivity contribution >= 4 is 17.8 Å². The molecule has 49 heavy (non-hydrogen) atoms. The molecule has 0 aliphatic heterocycles. The third-order valence-corrected chi connectivity index (χ3v) is 9.72. The van der Waals surface area contributed by atoms with Crippen LogP contribution in [0.1, 0.15) is 226 Å². The highest BCUT2D eigenvalue weighted by Gasteiger charge is 2.23. The Kier molecular flexibility index (Phi) is 36.0. The van der Waals surface area contributed by atoms with Crippen molar-refractivity contribution in [1.29, 1.82) is 0 Å². The molecule has 0 saturated heterocycles. The largest absolute Gasteiger partial charge is 0.450 e. The minimum absolute atomic E-state index is 0.0406. The summed E-state index contributed by atoms with van der Waals surface area (Å²) < 4.78 is 5.55. The van der Waals surface area contributed by atoms with Crippen molar-refractivity contribution in [2.45, 2.75) is 232 Å². The first kappa shape index (κ1) is 47.1. The second-order valence-corrected chi connectivity index (χ2v) is 14.8. The second-order valence-electron chi connectivity index (χ2n) is 14.8. The standard InChI is InChI=1S/C43H82N2O4/c1-5-7-9-11-13-15-17-19-21-23-25-27-29-31-33-35-37-44-43(48)40(38-45-42(47)39(3)4)49-41(46)36-34-32-30-28-26-24-22-20-18-16-14-12-10-8-6-2/h40H,3,5-38H2,1-2,4H3,(H,44,48)(H,45,47). The maximum Gasteiger partial charge on any atom is 0.306 e. The molecule has 0 aliphatic carbocycles. The minimum Gasteiger partial charge on any atom is -0.450 e. The number of esters is 1. The maximum atomic E-state index is 12.9. The average molecular weight is 691 g/mol. The van der Waals surface area contributed by atoms with Crippen LogP contribution in [0, 0.1) is 0 Å². The van der Waals surface area contributed by atoms with Crippen LogP contribution in [0.3, 0.4) is 0 Å². The van der Waals surface area contributed by atoms with Gasteiger partial charge in [0.15, 0.2) is 6.10 Å². The molecular weight excluding hydrogens is 608 g/mol. The molecule has 0 heterocycles. The lowest BCUT2D eigenvalue weighted by Gasteiger charge is -2.18. The minimum atomic E-state index is -1.02. The van der Waals surface area contributed by atoms with Crippen LogP contribution in [-0.4, -0.2) is 37.0 Å². The number of amides is 2. The van der Waals surface area contributed by atoms with Gasteiger partial charge in [0.05, 0.1) is 6.54 Å². The first-order chi connectivity index (χ1) is 23.9. The molecule has 0 aliphatic rings. The predicted molar refractivity (Wildman–Crippen MR) is 210 cm³/mol. The Morgan fingerprint density at radius 1 is 0.490 bits per heavy atom. The maximum absolute atomic E-state index is 12.9. The van der Waals surface area contributed by atoms with Gasteiger partial charge in [-0.15, -0.1) is 0 Å². The van der Waals surface area contributed by atoms with Gasteiger partial charge in [0.25, 0.3) is 5.91 Å². The summed E-state index contributed by atoms with van der Waals surface area (Å²) in [4.78, 5) is 37.5. The van der Waals surface area contributed by atoms with Crippen LogP contribution in [0.2, 0.25) is 0 Å². The van der Waals surface area contributed by atoms with Crippen molar-refractivity contribution < 1.29 is 19.1 Å². The van der Waals surface area contributed by atoms with Crippen molar-refractivity contribution in [1.82, 2.24) is 10.6 Å². The van der Waals surface area contributed by atoms with E-state index in [1.54, 1.807) is 6.92 Å². The zero-order valence-electron chi connectivity index (χ0n) is 33.0. The third kappa shape index (κ3) is 34.4. The molecule has 2 N–H and O–H groups in total. The third-order valence-electron chi connectivity index (χ3n) is 9.72. The van der Waals surface area contributed by atoms with Crippen LogP contribution in [0.25, 0.3) is 0 Å². The van der Waals surface area contributed by atoms with Crippen LogP contribution in [0.5, 0.6) is 0 Å². The second kappa shape index (κ2) is 37.4. The lowest BCUT2D eigenvalue weighted by Crippen LogP contribution is -2.45. The zero-order valence-corrected chi connectivity index (χ0v) is 33.0. The van der Waals surface area contributed by atoms with E-state index in [0.29, 0.717) is 18.5 Å². The Bertz CT molecular complexity index is 784. The number of rotatable bonds is 38. The summed E-state index contributed by atoms with van der Waals surface area (Å²) in [7, 11) is 0. The molecule has 0 aromatic rings. The number of carbonyl (C=O) groups is 3. The Labute approximate surface area is 304 Å². The van der Waals surface area contributed by atoms with Gasteiger partial charge in [-0.2, -0.15) is 0 Å². The SMILES string of the molecule is C=C(C)C(=O)NCC(OC(=O)CCCCCCCCCCCCCCCCC)C(=O)NCCCCCCCCCCCCCCCCCC. The lowest BCUT2D eigenvalue weighted by molar-refractivity contribution is -0.156. The van der Waals surface area contributed by atoms with Gasteiger partial charge in [0.1, 0.15) is 0 Å². The lowest BCUT2D eigenvalue weighted by atomic mass is 10.0. The van der Waals surface area contributed by atoms with Crippen LogP contribution < -0.4 is 10.6 Å². The summed E-state index contributed by atoms with van der Waals surface area (Å²) in [6.07, 6.45) is 39.3. The highest BCUT2D eigenvalue weighted by molar-refractivity contribution is 5.92. The Balaban J connectivity index is 3.97. The first-order valence-corrected chi connectivity index (χ1v) is 21.3. The number of nitrogens with one attached hydrogen (secondary N) is 2. The number of hydrogen-bond acceptors (Lipinski definition) is 4. The molecule has 288 valence electrons. The summed E-state index contributed by atoms with van der Waals surface area (Å²) in [6, 6.07) is 0. The highest BCUT2D eigenvalue weighted by Crippen LogP contribution is 2.15. The van der Waals surface area contributed by atoms with Crippen molar-refractivity contribution in [2.24, 2.45) is 0 Å². The monoisotopic (exact) mass is 691 g/mol. The van der Waals surface area contributed by atoms with Crippen LogP contribution in [0.15, 0.2) is 12.2 Å². The summed E-state index contributed by atoms with van der Waals surface area (Å²) in [6.45, 7) is 10.3. The number of hydrogen-bond donors (Lipinski definition) is 2. The van der Waals surface area contributed by atoms with Crippen LogP contribution in [-0.2, 0) is 19.1 Å². The number of ether oxygens (including phenoxy) is 1. The van der Waals surface area contributed by atoms with Gasteiger partial charge in [0, 0.05) is 18.5 Å². The molecule has 0 radical (unpaired) electrons. The van der Waals surface area contributed by atoms with Gasteiger partial charge in [-0.3, -0.25) is 14.4 Å². The molecule has 0 rings (SSSR count). The molecule has 0 spiro atoms. The van der Waals surface area contributed by atoms with E-state index in [1.807, 2.05) is 0 Å². The summed E-state index contributed by atoms with van der Waals surface area (Å²) in [5.41, 5.74) is 0.358. The van der Waals surface area contributed by atoms with E-state index in [4.69, 9.17) is 4.74 Å². The molecule has 0 aromatic carbocycles. The summed E-state index contributed by atoms with van der Waals surface area (Å²) in [5.74, 6) is -1.05.